The predicted octanol–water partition coefficient (Wildman–Crippen LogP) is 2.42. The number of rotatable bonds is 4. The maximum absolute atomic E-state index is 12.7. The molecule has 5 nitrogen and oxygen atoms in total. The zero-order valence-corrected chi connectivity index (χ0v) is 13.9. The lowest BCUT2D eigenvalue weighted by Gasteiger charge is -2.39. The minimum absolute atomic E-state index is 0.0360. The maximum atomic E-state index is 12.7. The molecule has 1 aromatic carbocycles. The topological polar surface area (TPSA) is 41.4 Å². The zero-order chi connectivity index (χ0) is 16.2. The summed E-state index contributed by atoms with van der Waals surface area (Å²) in [4.78, 5) is 17.0. The molecule has 0 spiro atoms. The number of piperazine rings is 1. The van der Waals surface area contributed by atoms with Gasteiger partial charge in [-0.3, -0.25) is 14.4 Å². The van der Waals surface area contributed by atoms with E-state index in [-0.39, 0.29) is 11.9 Å². The lowest BCUT2D eigenvalue weighted by Crippen LogP contribution is -2.49. The molecule has 2 aromatic rings. The van der Waals surface area contributed by atoms with Gasteiger partial charge in [0.2, 0.25) is 0 Å². The van der Waals surface area contributed by atoms with Crippen LogP contribution in [-0.4, -0.2) is 52.2 Å². The molecule has 1 fully saturated rings. The molecule has 1 aromatic heterocycles. The van der Waals surface area contributed by atoms with Crippen molar-refractivity contribution < 1.29 is 4.79 Å². The number of carbonyl (C=O) groups excluding carboxylic acids is 1. The molecule has 1 saturated heterocycles. The number of aryl methyl sites for hydroxylation is 1. The SMILES string of the molecule is CCCn1ccc(C(=O)N2CCN(C)C(c3ccccc3)C2)n1. The van der Waals surface area contributed by atoms with E-state index in [1.807, 2.05) is 27.9 Å². The van der Waals surface area contributed by atoms with Crippen LogP contribution in [0.1, 0.15) is 35.4 Å². The first kappa shape index (κ1) is 15.7. The van der Waals surface area contributed by atoms with Crippen LogP contribution in [0.5, 0.6) is 0 Å². The standard InChI is InChI=1S/C18H24N4O/c1-3-10-22-11-9-16(19-22)18(23)21-13-12-20(2)17(14-21)15-7-5-4-6-8-15/h4-9,11,17H,3,10,12-14H2,1-2H3. The Labute approximate surface area is 137 Å². The number of likely N-dealkylation sites (N-methyl/N-ethyl adjacent to an activating group) is 1. The predicted molar refractivity (Wildman–Crippen MR) is 90.2 cm³/mol. The van der Waals surface area contributed by atoms with Gasteiger partial charge in [0.25, 0.3) is 5.91 Å². The highest BCUT2D eigenvalue weighted by Crippen LogP contribution is 2.24. The lowest BCUT2D eigenvalue weighted by atomic mass is 10.0. The minimum Gasteiger partial charge on any atom is -0.334 e. The summed E-state index contributed by atoms with van der Waals surface area (Å²) in [6.07, 6.45) is 2.90. The summed E-state index contributed by atoms with van der Waals surface area (Å²) in [5, 5.41) is 4.40. The van der Waals surface area contributed by atoms with E-state index in [2.05, 4.69) is 48.2 Å². The highest BCUT2D eigenvalue weighted by Gasteiger charge is 2.29. The van der Waals surface area contributed by atoms with Crippen LogP contribution >= 0.6 is 0 Å². The summed E-state index contributed by atoms with van der Waals surface area (Å²) in [6.45, 7) is 5.29. The van der Waals surface area contributed by atoms with Crippen molar-refractivity contribution in [2.75, 3.05) is 26.7 Å². The summed E-state index contributed by atoms with van der Waals surface area (Å²) in [5.74, 6) is 0.0360. The Morgan fingerprint density at radius 3 is 2.74 bits per heavy atom. The van der Waals surface area contributed by atoms with E-state index in [0.717, 1.165) is 26.1 Å². The first-order valence-electron chi connectivity index (χ1n) is 8.27. The van der Waals surface area contributed by atoms with Crippen LogP contribution in [0.25, 0.3) is 0 Å². The van der Waals surface area contributed by atoms with Gasteiger partial charge in [-0.1, -0.05) is 37.3 Å². The Morgan fingerprint density at radius 2 is 2.00 bits per heavy atom. The van der Waals surface area contributed by atoms with E-state index < -0.39 is 0 Å². The van der Waals surface area contributed by atoms with Crippen molar-refractivity contribution in [3.63, 3.8) is 0 Å². The van der Waals surface area contributed by atoms with E-state index in [1.165, 1.54) is 5.56 Å². The van der Waals surface area contributed by atoms with E-state index in [1.54, 1.807) is 0 Å². The lowest BCUT2D eigenvalue weighted by molar-refractivity contribution is 0.0540. The van der Waals surface area contributed by atoms with Gasteiger partial charge in [0.15, 0.2) is 0 Å². The van der Waals surface area contributed by atoms with Gasteiger partial charge in [-0.2, -0.15) is 5.10 Å². The van der Waals surface area contributed by atoms with E-state index in [0.29, 0.717) is 12.2 Å². The van der Waals surface area contributed by atoms with Gasteiger partial charge in [0.05, 0.1) is 6.04 Å². The molecule has 2 heterocycles. The van der Waals surface area contributed by atoms with Crippen molar-refractivity contribution in [3.05, 3.63) is 53.9 Å². The van der Waals surface area contributed by atoms with Crippen LogP contribution in [-0.2, 0) is 6.54 Å². The van der Waals surface area contributed by atoms with Crippen molar-refractivity contribution >= 4 is 5.91 Å². The second kappa shape index (κ2) is 6.96. The number of amides is 1. The number of carbonyl (C=O) groups is 1. The molecule has 0 N–H and O–H groups in total. The van der Waals surface area contributed by atoms with E-state index >= 15 is 0 Å². The summed E-state index contributed by atoms with van der Waals surface area (Å²) in [5.41, 5.74) is 1.80. The highest BCUT2D eigenvalue weighted by atomic mass is 16.2. The molecule has 0 bridgehead atoms. The summed E-state index contributed by atoms with van der Waals surface area (Å²) in [7, 11) is 2.12. The smallest absolute Gasteiger partial charge is 0.274 e. The third kappa shape index (κ3) is 3.45. The maximum Gasteiger partial charge on any atom is 0.274 e. The van der Waals surface area contributed by atoms with Gasteiger partial charge < -0.3 is 4.90 Å². The Hall–Kier alpha value is -2.14. The molecule has 3 rings (SSSR count). The minimum atomic E-state index is 0.0360. The van der Waals surface area contributed by atoms with Crippen LogP contribution < -0.4 is 0 Å². The molecule has 1 aliphatic rings. The number of hydrogen-bond donors (Lipinski definition) is 0. The first-order valence-corrected chi connectivity index (χ1v) is 8.27. The summed E-state index contributed by atoms with van der Waals surface area (Å²) >= 11 is 0. The molecular formula is C18H24N4O. The molecule has 1 unspecified atom stereocenters. The fourth-order valence-corrected chi connectivity index (χ4v) is 3.08. The molecule has 5 heteroatoms. The molecule has 0 radical (unpaired) electrons. The van der Waals surface area contributed by atoms with Gasteiger partial charge >= 0.3 is 0 Å². The van der Waals surface area contributed by atoms with Gasteiger partial charge in [-0.05, 0) is 25.1 Å². The highest BCUT2D eigenvalue weighted by molar-refractivity contribution is 5.92. The Bertz CT molecular complexity index is 652. The second-order valence-electron chi connectivity index (χ2n) is 6.12. The van der Waals surface area contributed by atoms with Gasteiger partial charge in [0, 0.05) is 32.4 Å². The largest absolute Gasteiger partial charge is 0.334 e. The number of hydrogen-bond acceptors (Lipinski definition) is 3. The molecule has 23 heavy (non-hydrogen) atoms. The average molecular weight is 312 g/mol. The van der Waals surface area contributed by atoms with Gasteiger partial charge in [-0.15, -0.1) is 0 Å². The third-order valence-corrected chi connectivity index (χ3v) is 4.43. The monoisotopic (exact) mass is 312 g/mol. The molecule has 122 valence electrons. The van der Waals surface area contributed by atoms with Crippen LogP contribution in [0.4, 0.5) is 0 Å². The van der Waals surface area contributed by atoms with Crippen LogP contribution in [0.15, 0.2) is 42.6 Å². The van der Waals surface area contributed by atoms with Gasteiger partial charge in [-0.25, -0.2) is 0 Å². The van der Waals surface area contributed by atoms with Crippen molar-refractivity contribution in [2.24, 2.45) is 0 Å². The van der Waals surface area contributed by atoms with E-state index in [4.69, 9.17) is 0 Å². The van der Waals surface area contributed by atoms with Crippen molar-refractivity contribution in [1.82, 2.24) is 19.6 Å². The Morgan fingerprint density at radius 1 is 1.22 bits per heavy atom. The number of aromatic nitrogens is 2. The Balaban J connectivity index is 1.73. The van der Waals surface area contributed by atoms with Crippen molar-refractivity contribution in [1.29, 1.82) is 0 Å². The quantitative estimate of drug-likeness (QED) is 0.870. The van der Waals surface area contributed by atoms with Crippen molar-refractivity contribution in [3.8, 4) is 0 Å². The van der Waals surface area contributed by atoms with Crippen LogP contribution in [0.2, 0.25) is 0 Å². The average Bonchev–Trinajstić information content (AvgIpc) is 3.04. The zero-order valence-electron chi connectivity index (χ0n) is 13.9. The number of nitrogens with zero attached hydrogens (tertiary/aromatic N) is 4. The number of benzene rings is 1. The Kier molecular flexibility index (Phi) is 4.76. The normalized spacial score (nSPS) is 19.0. The molecule has 0 aliphatic carbocycles. The fraction of sp³-hybridized carbons (Fsp3) is 0.444. The summed E-state index contributed by atoms with van der Waals surface area (Å²) < 4.78 is 1.85. The molecule has 1 aliphatic heterocycles. The summed E-state index contributed by atoms with van der Waals surface area (Å²) in [6, 6.07) is 12.5. The molecule has 1 atom stereocenters. The molecular weight excluding hydrogens is 288 g/mol. The van der Waals surface area contributed by atoms with E-state index in [9.17, 15) is 4.79 Å². The fourth-order valence-electron chi connectivity index (χ4n) is 3.08. The van der Waals surface area contributed by atoms with Crippen LogP contribution in [0, 0.1) is 0 Å². The van der Waals surface area contributed by atoms with Crippen LogP contribution in [0.3, 0.4) is 0 Å². The van der Waals surface area contributed by atoms with Gasteiger partial charge in [0.1, 0.15) is 5.69 Å². The molecule has 1 amide bonds. The second-order valence-corrected chi connectivity index (χ2v) is 6.12. The first-order chi connectivity index (χ1) is 11.2. The van der Waals surface area contributed by atoms with Crippen molar-refractivity contribution in [2.45, 2.75) is 25.9 Å². The molecule has 0 saturated carbocycles. The third-order valence-electron chi connectivity index (χ3n) is 4.43.